The summed E-state index contributed by atoms with van der Waals surface area (Å²) in [7, 11) is -2.30. The fraction of sp³-hybridized carbons (Fsp3) is 0.750. The molecule has 0 bridgehead atoms. The molecule has 58 valence electrons. The monoisotopic (exact) mass is 163 g/mol. The van der Waals surface area contributed by atoms with Crippen molar-refractivity contribution >= 4 is 13.2 Å². The van der Waals surface area contributed by atoms with E-state index in [1.54, 1.807) is 0 Å². The summed E-state index contributed by atoms with van der Waals surface area (Å²) >= 11 is 0. The van der Waals surface area contributed by atoms with E-state index in [2.05, 4.69) is 10.6 Å². The minimum absolute atomic E-state index is 0.153. The minimum atomic E-state index is -2.30. The van der Waals surface area contributed by atoms with Crippen molar-refractivity contribution in [2.75, 3.05) is 18.9 Å². The van der Waals surface area contributed by atoms with Crippen LogP contribution >= 0.6 is 7.14 Å². The van der Waals surface area contributed by atoms with Crippen LogP contribution in [0.3, 0.4) is 0 Å². The topological polar surface area (TPSA) is 84.2 Å². The Bertz CT molecular complexity index is 179. The summed E-state index contributed by atoms with van der Waals surface area (Å²) in [5.41, 5.74) is 5.23. The highest BCUT2D eigenvalue weighted by molar-refractivity contribution is 7.63. The molecule has 0 atom stereocenters. The van der Waals surface area contributed by atoms with Crippen LogP contribution in [-0.4, -0.2) is 24.9 Å². The maximum atomic E-state index is 11.3. The Morgan fingerprint density at radius 1 is 1.50 bits per heavy atom. The molecular formula is C4H10N3O2P. The molecule has 0 aromatic carbocycles. The number of nitrogens with one attached hydrogen (secondary N) is 2. The van der Waals surface area contributed by atoms with E-state index in [4.69, 9.17) is 5.73 Å². The summed E-state index contributed by atoms with van der Waals surface area (Å²) < 4.78 is 11.3. The zero-order valence-electron chi connectivity index (χ0n) is 5.46. The van der Waals surface area contributed by atoms with E-state index in [1.807, 2.05) is 0 Å². The highest BCUT2D eigenvalue weighted by atomic mass is 31.2. The van der Waals surface area contributed by atoms with Gasteiger partial charge < -0.3 is 20.9 Å². The average molecular weight is 163 g/mol. The van der Waals surface area contributed by atoms with Crippen LogP contribution in [0, 0.1) is 0 Å². The van der Waals surface area contributed by atoms with Gasteiger partial charge in [-0.2, -0.15) is 0 Å². The van der Waals surface area contributed by atoms with Crippen molar-refractivity contribution < 1.29 is 9.36 Å². The molecule has 1 saturated heterocycles. The summed E-state index contributed by atoms with van der Waals surface area (Å²) in [6, 6.07) is -0.264. The van der Waals surface area contributed by atoms with E-state index in [1.165, 1.54) is 0 Å². The Balaban J connectivity index is 2.54. The average Bonchev–Trinajstić information content (AvgIpc) is 1.96. The van der Waals surface area contributed by atoms with E-state index in [0.29, 0.717) is 0 Å². The predicted octanol–water partition coefficient (Wildman–Crippen LogP) is -0.506. The smallest absolute Gasteiger partial charge is 0.315 e. The fourth-order valence-corrected chi connectivity index (χ4v) is 1.91. The second kappa shape index (κ2) is 2.60. The quantitative estimate of drug-likeness (QED) is 0.455. The Labute approximate surface area is 58.7 Å². The Morgan fingerprint density at radius 2 is 2.00 bits per heavy atom. The molecule has 0 aliphatic carbocycles. The summed E-state index contributed by atoms with van der Waals surface area (Å²) in [6.07, 6.45) is 0.616. The molecule has 1 aliphatic heterocycles. The first-order valence-electron chi connectivity index (χ1n) is 2.95. The lowest BCUT2D eigenvalue weighted by Gasteiger charge is -2.22. The standard InChI is InChI=1S/C4H10N3O2P/c5-1-10(9)2-6-4(8)7-3-10/h1-3,5H2,(H2,6,7,8). The van der Waals surface area contributed by atoms with E-state index < -0.39 is 7.14 Å². The molecule has 1 fully saturated rings. The van der Waals surface area contributed by atoms with Gasteiger partial charge in [0.2, 0.25) is 0 Å². The number of hydrogen-bond acceptors (Lipinski definition) is 3. The number of urea groups is 1. The largest absolute Gasteiger partial charge is 0.331 e. The number of rotatable bonds is 1. The molecule has 0 spiro atoms. The van der Waals surface area contributed by atoms with Crippen molar-refractivity contribution in [1.29, 1.82) is 0 Å². The zero-order valence-corrected chi connectivity index (χ0v) is 6.36. The number of amides is 2. The van der Waals surface area contributed by atoms with Gasteiger partial charge in [0.1, 0.15) is 7.14 Å². The van der Waals surface area contributed by atoms with Crippen molar-refractivity contribution in [1.82, 2.24) is 10.6 Å². The first kappa shape index (κ1) is 7.57. The maximum absolute atomic E-state index is 11.3. The SMILES string of the molecule is NCP1(=O)CNC(=O)NC1. The molecule has 0 saturated carbocycles. The predicted molar refractivity (Wildman–Crippen MR) is 38.1 cm³/mol. The minimum Gasteiger partial charge on any atom is -0.331 e. The van der Waals surface area contributed by atoms with Gasteiger partial charge in [-0.05, 0) is 0 Å². The molecular weight excluding hydrogens is 153 g/mol. The molecule has 1 rings (SSSR count). The highest BCUT2D eigenvalue weighted by Crippen LogP contribution is 2.41. The van der Waals surface area contributed by atoms with Crippen LogP contribution in [0.25, 0.3) is 0 Å². The second-order valence-corrected chi connectivity index (χ2v) is 5.35. The highest BCUT2D eigenvalue weighted by Gasteiger charge is 2.25. The Morgan fingerprint density at radius 3 is 2.40 bits per heavy atom. The van der Waals surface area contributed by atoms with Crippen molar-refractivity contribution in [2.24, 2.45) is 5.73 Å². The molecule has 4 N–H and O–H groups in total. The molecule has 0 aromatic rings. The number of nitrogens with two attached hydrogens (primary N) is 1. The summed E-state index contributed by atoms with van der Waals surface area (Å²) in [5, 5.41) is 4.86. The number of hydrogen-bond donors (Lipinski definition) is 3. The van der Waals surface area contributed by atoms with Crippen molar-refractivity contribution in [3.63, 3.8) is 0 Å². The van der Waals surface area contributed by atoms with Crippen LogP contribution in [-0.2, 0) is 4.57 Å². The van der Waals surface area contributed by atoms with Gasteiger partial charge in [0.05, 0.1) is 12.6 Å². The third-order valence-electron chi connectivity index (χ3n) is 1.39. The third-order valence-corrected chi connectivity index (χ3v) is 3.52. The van der Waals surface area contributed by atoms with Crippen LogP contribution in [0.5, 0.6) is 0 Å². The molecule has 0 unspecified atom stereocenters. The van der Waals surface area contributed by atoms with Gasteiger partial charge in [0.25, 0.3) is 0 Å². The molecule has 5 nitrogen and oxygen atoms in total. The van der Waals surface area contributed by atoms with Gasteiger partial charge in [0.15, 0.2) is 0 Å². The first-order chi connectivity index (χ1) is 4.66. The van der Waals surface area contributed by atoms with Crippen LogP contribution < -0.4 is 16.4 Å². The van der Waals surface area contributed by atoms with Crippen molar-refractivity contribution in [3.05, 3.63) is 0 Å². The normalized spacial score (nSPS) is 23.1. The van der Waals surface area contributed by atoms with Gasteiger partial charge in [-0.3, -0.25) is 0 Å². The van der Waals surface area contributed by atoms with Crippen molar-refractivity contribution in [3.8, 4) is 0 Å². The molecule has 2 amide bonds. The van der Waals surface area contributed by atoms with Gasteiger partial charge in [0, 0.05) is 6.29 Å². The van der Waals surface area contributed by atoms with Gasteiger partial charge >= 0.3 is 6.03 Å². The number of carbonyl (C=O) groups is 1. The van der Waals surface area contributed by atoms with Crippen LogP contribution in [0.4, 0.5) is 4.79 Å². The first-order valence-corrected chi connectivity index (χ1v) is 5.21. The van der Waals surface area contributed by atoms with Crippen LogP contribution in [0.1, 0.15) is 0 Å². The van der Waals surface area contributed by atoms with Crippen LogP contribution in [0.2, 0.25) is 0 Å². The molecule has 1 aliphatic rings. The van der Waals surface area contributed by atoms with Gasteiger partial charge in [-0.25, -0.2) is 4.79 Å². The molecule has 6 heteroatoms. The lowest BCUT2D eigenvalue weighted by atomic mass is 10.9. The summed E-state index contributed by atoms with van der Waals surface area (Å²) in [6.45, 7) is 0. The van der Waals surface area contributed by atoms with E-state index in [-0.39, 0.29) is 24.9 Å². The molecule has 1 heterocycles. The molecule has 10 heavy (non-hydrogen) atoms. The lowest BCUT2D eigenvalue weighted by Crippen LogP contribution is -2.43. The van der Waals surface area contributed by atoms with Crippen molar-refractivity contribution in [2.45, 2.75) is 0 Å². The Kier molecular flexibility index (Phi) is 1.97. The molecule has 0 aromatic heterocycles. The molecule has 0 radical (unpaired) electrons. The van der Waals surface area contributed by atoms with E-state index >= 15 is 0 Å². The van der Waals surface area contributed by atoms with Gasteiger partial charge in [-0.1, -0.05) is 0 Å². The summed E-state index contributed by atoms with van der Waals surface area (Å²) in [5.74, 6) is 0. The maximum Gasteiger partial charge on any atom is 0.315 e. The Hall–Kier alpha value is -0.540. The van der Waals surface area contributed by atoms with Crippen LogP contribution in [0.15, 0.2) is 0 Å². The lowest BCUT2D eigenvalue weighted by molar-refractivity contribution is 0.242. The third kappa shape index (κ3) is 1.49. The zero-order chi connectivity index (χ0) is 7.61. The second-order valence-electron chi connectivity index (χ2n) is 2.24. The number of carbonyl (C=O) groups excluding carboxylic acids is 1. The summed E-state index contributed by atoms with van der Waals surface area (Å²) in [4.78, 5) is 10.5. The van der Waals surface area contributed by atoms with E-state index in [9.17, 15) is 9.36 Å². The fourth-order valence-electron chi connectivity index (χ4n) is 0.679. The van der Waals surface area contributed by atoms with Gasteiger partial charge in [-0.15, -0.1) is 0 Å². The van der Waals surface area contributed by atoms with E-state index in [0.717, 1.165) is 0 Å².